The summed E-state index contributed by atoms with van der Waals surface area (Å²) in [5.41, 5.74) is 4.32. The van der Waals surface area contributed by atoms with Crippen molar-refractivity contribution in [3.05, 3.63) is 70.3 Å². The molecule has 162 valence electrons. The number of H-pyrrole nitrogens is 2. The number of aromatic amines is 2. The number of rotatable bonds is 5. The molecule has 10 nitrogen and oxygen atoms in total. The van der Waals surface area contributed by atoms with Crippen molar-refractivity contribution >= 4 is 11.0 Å². The number of hydrogen-bond acceptors (Lipinski definition) is 7. The topological polar surface area (TPSA) is 127 Å². The van der Waals surface area contributed by atoms with Gasteiger partial charge in [0.05, 0.1) is 0 Å². The lowest BCUT2D eigenvalue weighted by molar-refractivity contribution is 0.490. The van der Waals surface area contributed by atoms with Gasteiger partial charge >= 0.3 is 0 Å². The summed E-state index contributed by atoms with van der Waals surface area (Å²) in [7, 11) is 0. The molecule has 0 radical (unpaired) electrons. The second kappa shape index (κ2) is 8.39. The lowest BCUT2D eigenvalue weighted by Gasteiger charge is -2.10. The lowest BCUT2D eigenvalue weighted by Crippen LogP contribution is -2.11. The highest BCUT2D eigenvalue weighted by atomic mass is 16.5. The first-order chi connectivity index (χ1) is 16.2. The van der Waals surface area contributed by atoms with E-state index in [9.17, 15) is 4.79 Å². The fraction of sp³-hybridized carbons (Fsp3) is 0.130. The lowest BCUT2D eigenvalue weighted by atomic mass is 9.98. The fourth-order valence-corrected chi connectivity index (χ4v) is 3.69. The van der Waals surface area contributed by atoms with E-state index in [2.05, 4.69) is 47.8 Å². The molecule has 0 aliphatic rings. The summed E-state index contributed by atoms with van der Waals surface area (Å²) < 4.78 is 7.31. The van der Waals surface area contributed by atoms with Crippen LogP contribution in [0.1, 0.15) is 18.3 Å². The van der Waals surface area contributed by atoms with E-state index >= 15 is 0 Å². The number of aromatic nitrogens is 8. The molecule has 3 heterocycles. The molecule has 0 amide bonds. The Bertz CT molecular complexity index is 1550. The summed E-state index contributed by atoms with van der Waals surface area (Å²) in [5, 5.41) is 20.8. The monoisotopic (exact) mass is 438 g/mol. The predicted octanol–water partition coefficient (Wildman–Crippen LogP) is 2.68. The largest absolute Gasteiger partial charge is 0.384 e. The van der Waals surface area contributed by atoms with Gasteiger partial charge in [-0.05, 0) is 28.8 Å². The van der Waals surface area contributed by atoms with E-state index in [1.54, 1.807) is 6.92 Å². The quantitative estimate of drug-likeness (QED) is 0.404. The summed E-state index contributed by atoms with van der Waals surface area (Å²) in [6, 6.07) is 16.0. The molecular formula is C23H18N8O2. The molecule has 0 unspecified atom stereocenters. The molecule has 0 bridgehead atoms. The summed E-state index contributed by atoms with van der Waals surface area (Å²) in [5.74, 6) is 4.08. The minimum atomic E-state index is -0.378. The molecule has 3 aromatic heterocycles. The molecule has 33 heavy (non-hydrogen) atoms. The number of imidazole rings is 1. The van der Waals surface area contributed by atoms with Gasteiger partial charge in [-0.15, -0.1) is 15.3 Å². The first-order valence-electron chi connectivity index (χ1n) is 10.1. The summed E-state index contributed by atoms with van der Waals surface area (Å²) >= 11 is 0. The zero-order valence-electron chi connectivity index (χ0n) is 17.8. The number of tetrazole rings is 1. The minimum Gasteiger partial charge on any atom is -0.384 e. The third-order valence-corrected chi connectivity index (χ3v) is 5.20. The van der Waals surface area contributed by atoms with E-state index in [0.717, 1.165) is 22.3 Å². The average molecular weight is 438 g/mol. The molecule has 2 N–H and O–H groups in total. The van der Waals surface area contributed by atoms with E-state index < -0.39 is 0 Å². The van der Waals surface area contributed by atoms with E-state index in [4.69, 9.17) is 4.74 Å². The number of fused-ring (bicyclic) bond motifs is 1. The summed E-state index contributed by atoms with van der Waals surface area (Å²) in [4.78, 5) is 16.7. The van der Waals surface area contributed by atoms with Crippen LogP contribution in [0.25, 0.3) is 33.5 Å². The highest BCUT2D eigenvalue weighted by Gasteiger charge is 2.18. The van der Waals surface area contributed by atoms with Gasteiger partial charge in [0.25, 0.3) is 11.4 Å². The number of benzene rings is 2. The van der Waals surface area contributed by atoms with Crippen LogP contribution in [0.3, 0.4) is 0 Å². The zero-order valence-corrected chi connectivity index (χ0v) is 17.8. The van der Waals surface area contributed by atoms with Crippen LogP contribution in [0, 0.1) is 19.0 Å². The SMILES string of the molecule is CC#COc1n[nH]c(=O)c2nc(C)n(Cc3ccc(-c4ccccc4-c4nn[nH]n4)cc3)c12. The Labute approximate surface area is 187 Å². The number of aryl methyl sites for hydroxylation is 1. The Morgan fingerprint density at radius 1 is 1.06 bits per heavy atom. The van der Waals surface area contributed by atoms with Crippen molar-refractivity contribution in [2.75, 3.05) is 0 Å². The number of nitrogens with one attached hydrogen (secondary N) is 2. The Balaban J connectivity index is 1.51. The third-order valence-electron chi connectivity index (χ3n) is 5.20. The van der Waals surface area contributed by atoms with E-state index in [0.29, 0.717) is 23.7 Å². The number of nitrogens with zero attached hydrogens (tertiary/aromatic N) is 6. The smallest absolute Gasteiger partial charge is 0.292 e. The maximum atomic E-state index is 12.3. The van der Waals surface area contributed by atoms with E-state index in [1.807, 2.05) is 60.0 Å². The van der Waals surface area contributed by atoms with Gasteiger partial charge in [0.15, 0.2) is 5.52 Å². The highest BCUT2D eigenvalue weighted by Crippen LogP contribution is 2.30. The maximum Gasteiger partial charge on any atom is 0.292 e. The van der Waals surface area contributed by atoms with Gasteiger partial charge in [0, 0.05) is 19.0 Å². The molecule has 5 rings (SSSR count). The Morgan fingerprint density at radius 2 is 1.85 bits per heavy atom. The molecule has 0 aliphatic carbocycles. The molecule has 0 spiro atoms. The maximum absolute atomic E-state index is 12.3. The predicted molar refractivity (Wildman–Crippen MR) is 121 cm³/mol. The first-order valence-corrected chi connectivity index (χ1v) is 10.1. The van der Waals surface area contributed by atoms with Crippen molar-refractivity contribution < 1.29 is 4.74 Å². The van der Waals surface area contributed by atoms with Crippen LogP contribution in [0.4, 0.5) is 0 Å². The average Bonchev–Trinajstić information content (AvgIpc) is 3.49. The van der Waals surface area contributed by atoms with Gasteiger partial charge in [-0.25, -0.2) is 10.1 Å². The minimum absolute atomic E-state index is 0.213. The van der Waals surface area contributed by atoms with Crippen molar-refractivity contribution in [1.82, 2.24) is 40.4 Å². The van der Waals surface area contributed by atoms with Gasteiger partial charge in [-0.3, -0.25) is 4.79 Å². The molecule has 0 saturated carbocycles. The van der Waals surface area contributed by atoms with Crippen LogP contribution in [0.15, 0.2) is 53.3 Å². The summed E-state index contributed by atoms with van der Waals surface area (Å²) in [6.45, 7) is 3.98. The van der Waals surface area contributed by atoms with Crippen LogP contribution >= 0.6 is 0 Å². The van der Waals surface area contributed by atoms with Crippen molar-refractivity contribution in [3.63, 3.8) is 0 Å². The van der Waals surface area contributed by atoms with Gasteiger partial charge in [0.2, 0.25) is 5.82 Å². The standard InChI is InChI=1S/C23H18N8O2/c1-3-12-33-23-20-19(22(32)27-28-23)24-14(2)31(20)13-15-8-10-16(11-9-15)17-6-4-5-7-18(17)21-25-29-30-26-21/h4-11H,13H2,1-2H3,(H,27,32)(H,25,26,29,30). The second-order valence-electron chi connectivity index (χ2n) is 7.23. The van der Waals surface area contributed by atoms with E-state index in [1.165, 1.54) is 0 Å². The van der Waals surface area contributed by atoms with Gasteiger partial charge < -0.3 is 9.30 Å². The molecule has 0 saturated heterocycles. The van der Waals surface area contributed by atoms with Crippen molar-refractivity contribution in [1.29, 1.82) is 0 Å². The first kappa shape index (κ1) is 20.1. The number of ether oxygens (including phenoxy) is 1. The van der Waals surface area contributed by atoms with Gasteiger partial charge in [0.1, 0.15) is 17.4 Å². The van der Waals surface area contributed by atoms with Crippen LogP contribution in [0.5, 0.6) is 5.88 Å². The molecule has 0 atom stereocenters. The number of hydrogen-bond donors (Lipinski definition) is 2. The van der Waals surface area contributed by atoms with Crippen molar-refractivity contribution in [3.8, 4) is 40.4 Å². The Kier molecular flexibility index (Phi) is 5.12. The normalized spacial score (nSPS) is 10.7. The van der Waals surface area contributed by atoms with Crippen LogP contribution in [-0.2, 0) is 6.54 Å². The van der Waals surface area contributed by atoms with Crippen molar-refractivity contribution in [2.45, 2.75) is 20.4 Å². The van der Waals surface area contributed by atoms with Gasteiger partial charge in [-0.1, -0.05) is 54.5 Å². The van der Waals surface area contributed by atoms with Crippen molar-refractivity contribution in [2.24, 2.45) is 0 Å². The Morgan fingerprint density at radius 3 is 2.58 bits per heavy atom. The summed E-state index contributed by atoms with van der Waals surface area (Å²) in [6.07, 6.45) is 2.53. The van der Waals surface area contributed by atoms with Gasteiger partial charge in [-0.2, -0.15) is 5.21 Å². The third kappa shape index (κ3) is 3.72. The van der Waals surface area contributed by atoms with Crippen LogP contribution in [-0.4, -0.2) is 40.4 Å². The molecule has 2 aromatic carbocycles. The molecule has 10 heteroatoms. The fourth-order valence-electron chi connectivity index (χ4n) is 3.69. The molecular weight excluding hydrogens is 420 g/mol. The molecule has 5 aromatic rings. The molecule has 0 aliphatic heterocycles. The Hall–Kier alpha value is -4.78. The molecule has 0 fully saturated rings. The van der Waals surface area contributed by atoms with E-state index in [-0.39, 0.29) is 17.0 Å². The van der Waals surface area contributed by atoms with Crippen LogP contribution < -0.4 is 10.3 Å². The zero-order chi connectivity index (χ0) is 22.8. The highest BCUT2D eigenvalue weighted by molar-refractivity contribution is 5.81. The second-order valence-corrected chi connectivity index (χ2v) is 7.23. The van der Waals surface area contributed by atoms with Crippen LogP contribution in [0.2, 0.25) is 0 Å².